The number of H-pyrrole nitrogens is 1. The molecule has 32 heavy (non-hydrogen) atoms. The van der Waals surface area contributed by atoms with Crippen molar-refractivity contribution in [3.05, 3.63) is 92.9 Å². The number of anilines is 1. The summed E-state index contributed by atoms with van der Waals surface area (Å²) in [6.07, 6.45) is 1.02. The summed E-state index contributed by atoms with van der Waals surface area (Å²) < 4.78 is 1.39. The second-order valence-corrected chi connectivity index (χ2v) is 8.77. The van der Waals surface area contributed by atoms with Gasteiger partial charge >= 0.3 is 0 Å². The van der Waals surface area contributed by atoms with Crippen molar-refractivity contribution < 1.29 is 0 Å². The third-order valence-electron chi connectivity index (χ3n) is 6.09. The zero-order valence-electron chi connectivity index (χ0n) is 18.5. The summed E-state index contributed by atoms with van der Waals surface area (Å²) in [5, 5.41) is 6.27. The van der Waals surface area contributed by atoms with Crippen LogP contribution in [-0.4, -0.2) is 31.0 Å². The van der Waals surface area contributed by atoms with E-state index < -0.39 is 0 Å². The lowest BCUT2D eigenvalue weighted by atomic mass is 10.00. The van der Waals surface area contributed by atoms with E-state index >= 15 is 0 Å². The van der Waals surface area contributed by atoms with Crippen molar-refractivity contribution in [2.75, 3.05) is 11.9 Å². The summed E-state index contributed by atoms with van der Waals surface area (Å²) in [5.41, 5.74) is 5.83. The third-order valence-corrected chi connectivity index (χ3v) is 6.09. The first-order chi connectivity index (χ1) is 15.5. The first kappa shape index (κ1) is 20.5. The van der Waals surface area contributed by atoms with Crippen LogP contribution in [0.15, 0.2) is 59.4 Å². The molecule has 3 heterocycles. The maximum Gasteiger partial charge on any atom is 0.274 e. The van der Waals surface area contributed by atoms with Gasteiger partial charge in [0.05, 0.1) is 5.69 Å². The number of fused-ring (bicyclic) bond motifs is 2. The first-order valence-electron chi connectivity index (χ1n) is 11.2. The van der Waals surface area contributed by atoms with Gasteiger partial charge in [0.25, 0.3) is 11.3 Å². The van der Waals surface area contributed by atoms with Gasteiger partial charge in [0.2, 0.25) is 5.95 Å². The van der Waals surface area contributed by atoms with Crippen molar-refractivity contribution in [2.24, 2.45) is 0 Å². The number of rotatable bonds is 6. The molecule has 0 spiro atoms. The number of nitrogens with zero attached hydrogens (tertiary/aromatic N) is 4. The second-order valence-electron chi connectivity index (χ2n) is 8.77. The van der Waals surface area contributed by atoms with Crippen molar-refractivity contribution >= 4 is 11.7 Å². The highest BCUT2D eigenvalue weighted by Gasteiger charge is 2.17. The van der Waals surface area contributed by atoms with E-state index in [9.17, 15) is 4.79 Å². The van der Waals surface area contributed by atoms with Crippen LogP contribution in [0.5, 0.6) is 0 Å². The van der Waals surface area contributed by atoms with Gasteiger partial charge in [-0.1, -0.05) is 62.4 Å². The highest BCUT2D eigenvalue weighted by Crippen LogP contribution is 2.20. The van der Waals surface area contributed by atoms with Crippen LogP contribution in [0.4, 0.5) is 5.95 Å². The molecule has 7 heteroatoms. The van der Waals surface area contributed by atoms with E-state index in [4.69, 9.17) is 0 Å². The van der Waals surface area contributed by atoms with Crippen molar-refractivity contribution in [1.82, 2.24) is 24.5 Å². The molecule has 0 bridgehead atoms. The highest BCUT2D eigenvalue weighted by atomic mass is 16.1. The van der Waals surface area contributed by atoms with Crippen LogP contribution in [0.1, 0.15) is 47.7 Å². The van der Waals surface area contributed by atoms with Gasteiger partial charge < -0.3 is 5.32 Å². The van der Waals surface area contributed by atoms with Gasteiger partial charge in [-0.3, -0.25) is 14.8 Å². The molecule has 0 unspecified atom stereocenters. The fourth-order valence-corrected chi connectivity index (χ4v) is 4.21. The summed E-state index contributed by atoms with van der Waals surface area (Å²) >= 11 is 0. The molecule has 2 aromatic carbocycles. The predicted molar refractivity (Wildman–Crippen MR) is 126 cm³/mol. The van der Waals surface area contributed by atoms with E-state index in [-0.39, 0.29) is 5.56 Å². The fraction of sp³-hybridized carbons (Fsp3) is 0.320. The van der Waals surface area contributed by atoms with Gasteiger partial charge in [0.15, 0.2) is 0 Å². The van der Waals surface area contributed by atoms with Gasteiger partial charge in [-0.2, -0.15) is 9.50 Å². The third kappa shape index (κ3) is 4.29. The minimum atomic E-state index is -0.149. The minimum Gasteiger partial charge on any atom is -0.351 e. The Bertz CT molecular complexity index is 1290. The Morgan fingerprint density at radius 2 is 1.84 bits per heavy atom. The molecule has 0 atom stereocenters. The van der Waals surface area contributed by atoms with Gasteiger partial charge in [0, 0.05) is 32.2 Å². The average Bonchev–Trinajstić information content (AvgIpc) is 3.21. The van der Waals surface area contributed by atoms with E-state index in [2.05, 4.69) is 87.7 Å². The summed E-state index contributed by atoms with van der Waals surface area (Å²) in [5.74, 6) is 1.44. The van der Waals surface area contributed by atoms with Crippen LogP contribution >= 0.6 is 0 Å². The predicted octanol–water partition coefficient (Wildman–Crippen LogP) is 3.71. The maximum absolute atomic E-state index is 12.6. The normalized spacial score (nSPS) is 14.1. The Morgan fingerprint density at radius 1 is 1.06 bits per heavy atom. The van der Waals surface area contributed by atoms with Gasteiger partial charge in [-0.05, 0) is 34.6 Å². The highest BCUT2D eigenvalue weighted by molar-refractivity contribution is 5.38. The van der Waals surface area contributed by atoms with Crippen molar-refractivity contribution in [3.8, 4) is 0 Å². The summed E-state index contributed by atoms with van der Waals surface area (Å²) in [6, 6.07) is 18.7. The number of aromatic nitrogens is 4. The van der Waals surface area contributed by atoms with Gasteiger partial charge in [-0.25, -0.2) is 4.98 Å². The van der Waals surface area contributed by atoms with E-state index in [0.717, 1.165) is 30.8 Å². The second kappa shape index (κ2) is 8.59. The number of hydrogen-bond acceptors (Lipinski definition) is 5. The Balaban J connectivity index is 1.28. The topological polar surface area (TPSA) is 78.3 Å². The zero-order valence-corrected chi connectivity index (χ0v) is 18.5. The van der Waals surface area contributed by atoms with Crippen LogP contribution in [-0.2, 0) is 26.1 Å². The molecule has 0 saturated heterocycles. The van der Waals surface area contributed by atoms with E-state index in [1.165, 1.54) is 21.2 Å². The molecule has 2 aromatic heterocycles. The average molecular weight is 429 g/mol. The smallest absolute Gasteiger partial charge is 0.274 e. The fourth-order valence-electron chi connectivity index (χ4n) is 4.21. The Kier molecular flexibility index (Phi) is 5.49. The number of aromatic amines is 1. The molecular weight excluding hydrogens is 400 g/mol. The monoisotopic (exact) mass is 428 g/mol. The molecule has 164 valence electrons. The van der Waals surface area contributed by atoms with E-state index in [1.54, 1.807) is 6.07 Å². The minimum absolute atomic E-state index is 0.149. The molecule has 1 aliphatic rings. The molecule has 0 radical (unpaired) electrons. The number of hydrogen-bond donors (Lipinski definition) is 2. The van der Waals surface area contributed by atoms with E-state index in [0.29, 0.717) is 30.7 Å². The maximum atomic E-state index is 12.6. The lowest BCUT2D eigenvalue weighted by molar-refractivity contribution is 0.242. The van der Waals surface area contributed by atoms with Crippen LogP contribution in [0.25, 0.3) is 5.78 Å². The SMILES string of the molecule is CC(C)c1ccc(CNc2nc3nc(CN4CCc5ccccc5C4)cc(=O)n3[nH]2)cc1. The Hall–Kier alpha value is -3.45. The molecule has 0 fully saturated rings. The van der Waals surface area contributed by atoms with Gasteiger partial charge in [-0.15, -0.1) is 0 Å². The number of benzene rings is 2. The molecule has 1 aliphatic heterocycles. The van der Waals surface area contributed by atoms with Crippen molar-refractivity contribution in [2.45, 2.75) is 45.8 Å². The lowest BCUT2D eigenvalue weighted by Gasteiger charge is -2.28. The molecule has 4 aromatic rings. The zero-order chi connectivity index (χ0) is 22.1. The molecule has 2 N–H and O–H groups in total. The summed E-state index contributed by atoms with van der Waals surface area (Å²) in [7, 11) is 0. The summed E-state index contributed by atoms with van der Waals surface area (Å²) in [6.45, 7) is 7.46. The Labute approximate surface area is 187 Å². The van der Waals surface area contributed by atoms with Crippen molar-refractivity contribution in [1.29, 1.82) is 0 Å². The molecule has 7 nitrogen and oxygen atoms in total. The molecule has 0 aliphatic carbocycles. The number of nitrogens with one attached hydrogen (secondary N) is 2. The van der Waals surface area contributed by atoms with Gasteiger partial charge in [0.1, 0.15) is 0 Å². The quantitative estimate of drug-likeness (QED) is 0.490. The van der Waals surface area contributed by atoms with Crippen LogP contribution < -0.4 is 10.9 Å². The van der Waals surface area contributed by atoms with Crippen LogP contribution in [0.3, 0.4) is 0 Å². The van der Waals surface area contributed by atoms with E-state index in [1.807, 2.05) is 0 Å². The van der Waals surface area contributed by atoms with Crippen LogP contribution in [0.2, 0.25) is 0 Å². The standard InChI is InChI=1S/C25H28N6O/c1-17(2)19-9-7-18(8-10-19)14-26-24-28-25-27-22(13-23(32)31(25)29-24)16-30-12-11-20-5-3-4-6-21(20)15-30/h3-10,13,17H,11-12,14-16H2,1-2H3,(H2,26,27,28,29). The molecular formula is C25H28N6O. The largest absolute Gasteiger partial charge is 0.351 e. The molecule has 5 rings (SSSR count). The first-order valence-corrected chi connectivity index (χ1v) is 11.2. The van der Waals surface area contributed by atoms with Crippen molar-refractivity contribution in [3.63, 3.8) is 0 Å². The molecule has 0 amide bonds. The van der Waals surface area contributed by atoms with Crippen LogP contribution in [0, 0.1) is 0 Å². The summed E-state index contributed by atoms with van der Waals surface area (Å²) in [4.78, 5) is 24.1. The lowest BCUT2D eigenvalue weighted by Crippen LogP contribution is -2.31. The molecule has 0 saturated carbocycles. The Morgan fingerprint density at radius 3 is 2.62 bits per heavy atom.